The van der Waals surface area contributed by atoms with E-state index >= 15 is 0 Å². The number of quaternary nitrogens is 1. The van der Waals surface area contributed by atoms with Crippen molar-refractivity contribution in [2.24, 2.45) is 5.92 Å². The number of ether oxygens (including phenoxy) is 1. The Morgan fingerprint density at radius 1 is 0.388 bits per heavy atom. The van der Waals surface area contributed by atoms with E-state index in [0.29, 0.717) is 6.42 Å². The summed E-state index contributed by atoms with van der Waals surface area (Å²) in [5, 5.41) is 0. The molecule has 0 spiro atoms. The highest BCUT2D eigenvalue weighted by Gasteiger charge is 2.20. The van der Waals surface area contributed by atoms with E-state index < -0.39 is 0 Å². The Labute approximate surface area is 422 Å². The average molecular weight is 942 g/mol. The number of esters is 1. The van der Waals surface area contributed by atoms with Gasteiger partial charge in [-0.2, -0.15) is 4.58 Å². The molecule has 0 amide bonds. The first kappa shape index (κ1) is 63.9. The van der Waals surface area contributed by atoms with Gasteiger partial charge < -0.3 is 4.74 Å². The lowest BCUT2D eigenvalue weighted by Crippen LogP contribution is -3.06. The Morgan fingerprint density at radius 2 is 0.687 bits per heavy atom. The van der Waals surface area contributed by atoms with Crippen molar-refractivity contribution < 1.29 is 19.0 Å². The molecule has 0 radical (unpaired) electrons. The van der Waals surface area contributed by atoms with Crippen LogP contribution < -0.4 is 4.90 Å². The smallest absolute Gasteiger partial charge is 0.335 e. The molecule has 1 aliphatic heterocycles. The summed E-state index contributed by atoms with van der Waals surface area (Å²) in [6.45, 7) is 11.2. The van der Waals surface area contributed by atoms with Gasteiger partial charge in [-0.1, -0.05) is 310 Å². The fourth-order valence-electron chi connectivity index (χ4n) is 10.8. The number of hydrogen-bond donors (Lipinski definition) is 1. The highest BCUT2D eigenvalue weighted by atomic mass is 16.5. The Morgan fingerprint density at radius 3 is 1.04 bits per heavy atom. The molecule has 1 aliphatic rings. The van der Waals surface area contributed by atoms with Crippen LogP contribution in [-0.2, 0) is 9.53 Å². The Bertz CT molecular complexity index is 1020. The van der Waals surface area contributed by atoms with Crippen LogP contribution in [0.4, 0.5) is 0 Å². The van der Waals surface area contributed by atoms with E-state index in [0.717, 1.165) is 38.3 Å². The summed E-state index contributed by atoms with van der Waals surface area (Å²) in [7, 11) is 0. The number of hydrogen-bond acceptors (Lipinski definition) is 2. The van der Waals surface area contributed by atoms with Crippen molar-refractivity contribution in [3.63, 3.8) is 0 Å². The number of rotatable bonds is 56. The summed E-state index contributed by atoms with van der Waals surface area (Å²) in [6, 6.07) is 0. The minimum absolute atomic E-state index is 0.0415. The van der Waals surface area contributed by atoms with Gasteiger partial charge in [0.15, 0.2) is 12.7 Å². The number of nitrogens with zero attached hydrogens (tertiary/aromatic N) is 1. The molecule has 2 atom stereocenters. The third kappa shape index (κ3) is 45.7. The van der Waals surface area contributed by atoms with Crippen molar-refractivity contribution in [2.45, 2.75) is 361 Å². The van der Waals surface area contributed by atoms with Gasteiger partial charge in [0, 0.05) is 12.8 Å². The normalized spacial score (nSPS) is 14.2. The van der Waals surface area contributed by atoms with Gasteiger partial charge >= 0.3 is 12.3 Å². The molecule has 0 aromatic heterocycles. The van der Waals surface area contributed by atoms with Crippen LogP contribution in [0.25, 0.3) is 0 Å². The first-order chi connectivity index (χ1) is 33.1. The molecule has 0 aromatic rings. The van der Waals surface area contributed by atoms with Crippen molar-refractivity contribution in [2.75, 3.05) is 13.1 Å². The van der Waals surface area contributed by atoms with Crippen LogP contribution in [0.3, 0.4) is 0 Å². The maximum atomic E-state index is 13.2. The molecule has 0 fully saturated rings. The quantitative estimate of drug-likeness (QED) is 0.0374. The second-order valence-corrected chi connectivity index (χ2v) is 22.2. The molecular formula is C63H124N2O2+2. The topological polar surface area (TPSA) is 33.8 Å². The van der Waals surface area contributed by atoms with Gasteiger partial charge in [-0.25, -0.2) is 4.90 Å². The second kappa shape index (κ2) is 52.7. The average Bonchev–Trinajstić information content (AvgIpc) is 3.79. The van der Waals surface area contributed by atoms with Crippen LogP contribution >= 0.6 is 0 Å². The molecule has 0 aromatic carbocycles. The van der Waals surface area contributed by atoms with E-state index in [1.807, 2.05) is 0 Å². The lowest BCUT2D eigenvalue weighted by Gasteiger charge is -2.20. The number of carbonyl (C=O) groups excluding carboxylic acids is 1. The van der Waals surface area contributed by atoms with Crippen molar-refractivity contribution in [3.8, 4) is 0 Å². The van der Waals surface area contributed by atoms with E-state index in [4.69, 9.17) is 4.74 Å². The van der Waals surface area contributed by atoms with E-state index in [2.05, 4.69) is 51.0 Å². The Balaban J connectivity index is 2.47. The van der Waals surface area contributed by atoms with E-state index in [-0.39, 0.29) is 12.1 Å². The van der Waals surface area contributed by atoms with E-state index in [1.165, 1.54) is 307 Å². The molecular weight excluding hydrogens is 817 g/mol. The predicted molar refractivity (Wildman–Crippen MR) is 298 cm³/mol. The molecule has 2 unspecified atom stereocenters. The molecule has 0 aliphatic carbocycles. The summed E-state index contributed by atoms with van der Waals surface area (Å²) in [6.07, 6.45) is 76.7. The molecule has 0 saturated carbocycles. The highest BCUT2D eigenvalue weighted by Crippen LogP contribution is 2.26. The number of nitrogens with one attached hydrogen (secondary N) is 1. The molecule has 0 saturated heterocycles. The van der Waals surface area contributed by atoms with Gasteiger partial charge in [0.2, 0.25) is 6.20 Å². The van der Waals surface area contributed by atoms with Gasteiger partial charge in [0.1, 0.15) is 6.10 Å². The fraction of sp³-hybridized carbons (Fsp3) is 0.937. The van der Waals surface area contributed by atoms with Crippen molar-refractivity contribution >= 4 is 12.3 Å². The van der Waals surface area contributed by atoms with Crippen LogP contribution in [0.5, 0.6) is 0 Å². The van der Waals surface area contributed by atoms with Crippen LogP contribution in [0, 0.1) is 5.92 Å². The second-order valence-electron chi connectivity index (χ2n) is 22.2. The molecule has 4 nitrogen and oxygen atoms in total. The maximum Gasteiger partial charge on any atom is 0.335 e. The lowest BCUT2D eigenvalue weighted by molar-refractivity contribution is -0.750. The summed E-state index contributed by atoms with van der Waals surface area (Å²) in [4.78, 5) is 14.5. The maximum absolute atomic E-state index is 13.2. The molecule has 1 heterocycles. The molecule has 1 N–H and O–H groups in total. The van der Waals surface area contributed by atoms with Crippen LogP contribution in [-0.4, -0.2) is 36.1 Å². The molecule has 4 heteroatoms. The fourth-order valence-corrected chi connectivity index (χ4v) is 10.8. The first-order valence-corrected chi connectivity index (χ1v) is 31.5. The predicted octanol–water partition coefficient (Wildman–Crippen LogP) is 19.9. The molecule has 396 valence electrons. The molecule has 1 rings (SSSR count). The SMILES string of the molecule is CCCCCCCCCCCCCCCCCCC(CCCCCCCCCCCCCCCCCC)CCCCC(CCCCCCCCCC)OC(=O)CCC[NH+]1C=C[N+](CCCC)=C1. The number of unbranched alkanes of at least 4 members (excludes halogenated alkanes) is 39. The van der Waals surface area contributed by atoms with Crippen molar-refractivity contribution in [1.82, 2.24) is 0 Å². The largest absolute Gasteiger partial charge is 0.462 e. The zero-order chi connectivity index (χ0) is 48.2. The van der Waals surface area contributed by atoms with E-state index in [9.17, 15) is 4.79 Å². The van der Waals surface area contributed by atoms with Gasteiger partial charge in [-0.15, -0.1) is 0 Å². The van der Waals surface area contributed by atoms with Crippen LogP contribution in [0.1, 0.15) is 355 Å². The monoisotopic (exact) mass is 941 g/mol. The lowest BCUT2D eigenvalue weighted by atomic mass is 9.89. The minimum atomic E-state index is 0.0415. The zero-order valence-electron chi connectivity index (χ0n) is 46.6. The highest BCUT2D eigenvalue weighted by molar-refractivity contribution is 5.69. The standard InChI is InChI=1S/C63H123N2O2/c1-5-9-13-16-19-22-24-26-28-30-32-34-36-38-41-44-50-61(51-45-42-39-37-35-33-31-29-27-25-23-20-17-14-10-6-2)52-47-48-54-62(53-46-43-40-21-18-15-11-7-3)67-63(66)55-49-57-65-59-58-64(60-65)56-12-8-4/h58-62H,5-57H2,1-4H3/q+1/p+1. The summed E-state index contributed by atoms with van der Waals surface area (Å²) in [5.74, 6) is 0.934. The van der Waals surface area contributed by atoms with Crippen LogP contribution in [0.2, 0.25) is 0 Å². The zero-order valence-corrected chi connectivity index (χ0v) is 46.6. The third-order valence-corrected chi connectivity index (χ3v) is 15.4. The Hall–Kier alpha value is -1.16. The number of carbonyl (C=O) groups is 1. The molecule has 0 bridgehead atoms. The Kier molecular flexibility index (Phi) is 50.2. The summed E-state index contributed by atoms with van der Waals surface area (Å²) >= 11 is 0. The third-order valence-electron chi connectivity index (χ3n) is 15.4. The minimum Gasteiger partial charge on any atom is -0.462 e. The first-order valence-electron chi connectivity index (χ1n) is 31.5. The van der Waals surface area contributed by atoms with Crippen molar-refractivity contribution in [3.05, 3.63) is 12.4 Å². The van der Waals surface area contributed by atoms with Crippen LogP contribution in [0.15, 0.2) is 12.4 Å². The van der Waals surface area contributed by atoms with Gasteiger partial charge in [0.25, 0.3) is 0 Å². The summed E-state index contributed by atoms with van der Waals surface area (Å²) < 4.78 is 8.61. The van der Waals surface area contributed by atoms with E-state index in [1.54, 1.807) is 0 Å². The van der Waals surface area contributed by atoms with Gasteiger partial charge in [-0.3, -0.25) is 4.79 Å². The summed E-state index contributed by atoms with van der Waals surface area (Å²) in [5.41, 5.74) is 0. The molecule has 67 heavy (non-hydrogen) atoms. The van der Waals surface area contributed by atoms with Gasteiger partial charge in [-0.05, 0) is 31.6 Å². The van der Waals surface area contributed by atoms with Gasteiger partial charge in [0.05, 0.1) is 13.0 Å². The van der Waals surface area contributed by atoms with Crippen molar-refractivity contribution in [1.29, 1.82) is 0 Å².